The SMILES string of the molecule is CNC1CCN(Sc2cc(F)c(Br)cc2F)C1. The van der Waals surface area contributed by atoms with Crippen LogP contribution in [0.1, 0.15) is 6.42 Å². The standard InChI is InChI=1S/C11H13BrF2N2S/c1-15-7-2-3-16(6-7)17-11-5-9(13)8(12)4-10(11)14/h4-5,7,15H,2-3,6H2,1H3. The van der Waals surface area contributed by atoms with Crippen LogP contribution in [0.2, 0.25) is 0 Å². The van der Waals surface area contributed by atoms with Crippen LogP contribution in [-0.2, 0) is 0 Å². The Hall–Kier alpha value is -0.170. The Morgan fingerprint density at radius 3 is 2.82 bits per heavy atom. The van der Waals surface area contributed by atoms with Gasteiger partial charge in [0.05, 0.1) is 9.37 Å². The van der Waals surface area contributed by atoms with E-state index in [0.717, 1.165) is 19.5 Å². The number of likely N-dealkylation sites (N-methyl/N-ethyl adjacent to an activating group) is 1. The van der Waals surface area contributed by atoms with Crippen LogP contribution in [0.5, 0.6) is 0 Å². The third-order valence-electron chi connectivity index (χ3n) is 2.76. The van der Waals surface area contributed by atoms with Crippen molar-refractivity contribution in [3.8, 4) is 0 Å². The lowest BCUT2D eigenvalue weighted by atomic mass is 10.3. The third-order valence-corrected chi connectivity index (χ3v) is 4.47. The van der Waals surface area contributed by atoms with Gasteiger partial charge >= 0.3 is 0 Å². The van der Waals surface area contributed by atoms with Crippen LogP contribution < -0.4 is 5.32 Å². The molecule has 2 nitrogen and oxygen atoms in total. The highest BCUT2D eigenvalue weighted by atomic mass is 79.9. The molecule has 1 aliphatic rings. The van der Waals surface area contributed by atoms with E-state index in [1.165, 1.54) is 24.1 Å². The Kier molecular flexibility index (Phi) is 4.41. The maximum absolute atomic E-state index is 13.6. The quantitative estimate of drug-likeness (QED) is 0.680. The van der Waals surface area contributed by atoms with Gasteiger partial charge in [-0.05, 0) is 53.5 Å². The molecule has 1 aromatic carbocycles. The molecular weight excluding hydrogens is 310 g/mol. The average Bonchev–Trinajstić information content (AvgIpc) is 2.73. The highest BCUT2D eigenvalue weighted by Crippen LogP contribution is 2.31. The van der Waals surface area contributed by atoms with E-state index in [4.69, 9.17) is 0 Å². The van der Waals surface area contributed by atoms with Crippen LogP contribution in [0.25, 0.3) is 0 Å². The van der Waals surface area contributed by atoms with Gasteiger partial charge in [0.25, 0.3) is 0 Å². The van der Waals surface area contributed by atoms with Gasteiger partial charge in [0.15, 0.2) is 0 Å². The number of benzene rings is 1. The van der Waals surface area contributed by atoms with Crippen molar-refractivity contribution >= 4 is 27.9 Å². The third kappa shape index (κ3) is 3.19. The number of hydrogen-bond donors (Lipinski definition) is 1. The minimum atomic E-state index is -0.432. The number of nitrogens with one attached hydrogen (secondary N) is 1. The van der Waals surface area contributed by atoms with Crippen molar-refractivity contribution in [3.63, 3.8) is 0 Å². The zero-order valence-electron chi connectivity index (χ0n) is 9.34. The second-order valence-corrected chi connectivity index (χ2v) is 5.94. The van der Waals surface area contributed by atoms with E-state index in [1.807, 2.05) is 11.4 Å². The van der Waals surface area contributed by atoms with Crippen molar-refractivity contribution in [3.05, 3.63) is 28.2 Å². The van der Waals surface area contributed by atoms with E-state index in [0.29, 0.717) is 10.9 Å². The predicted molar refractivity (Wildman–Crippen MR) is 69.0 cm³/mol. The Morgan fingerprint density at radius 1 is 1.41 bits per heavy atom. The van der Waals surface area contributed by atoms with E-state index in [2.05, 4.69) is 21.2 Å². The number of halogens is 3. The van der Waals surface area contributed by atoms with Gasteiger partial charge in [0.1, 0.15) is 11.6 Å². The summed E-state index contributed by atoms with van der Waals surface area (Å²) in [6.07, 6.45) is 1.03. The first-order valence-corrected chi connectivity index (χ1v) is 6.91. The lowest BCUT2D eigenvalue weighted by molar-refractivity contribution is 0.534. The summed E-state index contributed by atoms with van der Waals surface area (Å²) >= 11 is 4.24. The van der Waals surface area contributed by atoms with Crippen LogP contribution in [0, 0.1) is 11.6 Å². The maximum atomic E-state index is 13.6. The van der Waals surface area contributed by atoms with Gasteiger partial charge in [-0.15, -0.1) is 0 Å². The van der Waals surface area contributed by atoms with Crippen molar-refractivity contribution in [2.45, 2.75) is 17.4 Å². The summed E-state index contributed by atoms with van der Waals surface area (Å²) in [4.78, 5) is 0.336. The summed E-state index contributed by atoms with van der Waals surface area (Å²) in [5, 5.41) is 3.18. The second-order valence-electron chi connectivity index (χ2n) is 3.95. The summed E-state index contributed by atoms with van der Waals surface area (Å²) in [5.74, 6) is -0.825. The first kappa shape index (κ1) is 13.3. The Labute approximate surface area is 112 Å². The molecule has 1 aromatic rings. The van der Waals surface area contributed by atoms with Gasteiger partial charge in [-0.1, -0.05) is 0 Å². The molecule has 1 aliphatic heterocycles. The molecule has 0 amide bonds. The molecular formula is C11H13BrF2N2S. The molecule has 1 saturated heterocycles. The molecule has 1 heterocycles. The fraction of sp³-hybridized carbons (Fsp3) is 0.455. The molecule has 0 radical (unpaired) electrons. The Morgan fingerprint density at radius 2 is 2.18 bits per heavy atom. The van der Waals surface area contributed by atoms with Crippen LogP contribution in [0.15, 0.2) is 21.5 Å². The highest BCUT2D eigenvalue weighted by molar-refractivity contribution is 9.10. The van der Waals surface area contributed by atoms with Gasteiger partial charge < -0.3 is 5.32 Å². The summed E-state index contributed by atoms with van der Waals surface area (Å²) in [7, 11) is 1.92. The van der Waals surface area contributed by atoms with Crippen LogP contribution >= 0.6 is 27.9 Å². The molecule has 0 aliphatic carbocycles. The summed E-state index contributed by atoms with van der Waals surface area (Å²) < 4.78 is 29.1. The van der Waals surface area contributed by atoms with Crippen molar-refractivity contribution in [1.29, 1.82) is 0 Å². The molecule has 6 heteroatoms. The van der Waals surface area contributed by atoms with Crippen LogP contribution in [-0.4, -0.2) is 30.5 Å². The first-order valence-electron chi connectivity index (χ1n) is 5.35. The Bertz CT molecular complexity index is 417. The molecule has 1 unspecified atom stereocenters. The molecule has 94 valence electrons. The molecule has 0 spiro atoms. The van der Waals surface area contributed by atoms with E-state index in [9.17, 15) is 8.78 Å². The van der Waals surface area contributed by atoms with Crippen molar-refractivity contribution in [2.24, 2.45) is 0 Å². The minimum Gasteiger partial charge on any atom is -0.316 e. The lowest BCUT2D eigenvalue weighted by Crippen LogP contribution is -2.27. The zero-order valence-corrected chi connectivity index (χ0v) is 11.7. The van der Waals surface area contributed by atoms with E-state index in [-0.39, 0.29) is 4.47 Å². The maximum Gasteiger partial charge on any atom is 0.139 e. The molecule has 17 heavy (non-hydrogen) atoms. The lowest BCUT2D eigenvalue weighted by Gasteiger charge is -2.15. The average molecular weight is 323 g/mol. The fourth-order valence-corrected chi connectivity index (χ4v) is 3.11. The predicted octanol–water partition coefficient (Wildman–Crippen LogP) is 3.03. The van der Waals surface area contributed by atoms with Crippen molar-refractivity contribution < 1.29 is 8.78 Å². The fourth-order valence-electron chi connectivity index (χ4n) is 1.76. The van der Waals surface area contributed by atoms with Gasteiger partial charge in [-0.3, -0.25) is 0 Å². The molecule has 1 atom stereocenters. The zero-order chi connectivity index (χ0) is 12.4. The van der Waals surface area contributed by atoms with E-state index in [1.54, 1.807) is 0 Å². The topological polar surface area (TPSA) is 15.3 Å². The minimum absolute atomic E-state index is 0.161. The van der Waals surface area contributed by atoms with Gasteiger partial charge in [0.2, 0.25) is 0 Å². The van der Waals surface area contributed by atoms with Gasteiger partial charge in [-0.2, -0.15) is 0 Å². The Balaban J connectivity index is 2.06. The monoisotopic (exact) mass is 322 g/mol. The smallest absolute Gasteiger partial charge is 0.139 e. The highest BCUT2D eigenvalue weighted by Gasteiger charge is 2.23. The normalized spacial score (nSPS) is 21.1. The molecule has 0 aromatic heterocycles. The first-order chi connectivity index (χ1) is 8.10. The second kappa shape index (κ2) is 5.65. The van der Waals surface area contributed by atoms with E-state index < -0.39 is 11.6 Å². The van der Waals surface area contributed by atoms with E-state index >= 15 is 0 Å². The number of nitrogens with zero attached hydrogens (tertiary/aromatic N) is 1. The largest absolute Gasteiger partial charge is 0.316 e. The van der Waals surface area contributed by atoms with Crippen molar-refractivity contribution in [1.82, 2.24) is 9.62 Å². The summed E-state index contributed by atoms with van der Waals surface area (Å²) in [5.41, 5.74) is 0. The molecule has 0 bridgehead atoms. The summed E-state index contributed by atoms with van der Waals surface area (Å²) in [6.45, 7) is 1.73. The van der Waals surface area contributed by atoms with Crippen LogP contribution in [0.4, 0.5) is 8.78 Å². The van der Waals surface area contributed by atoms with Crippen molar-refractivity contribution in [2.75, 3.05) is 20.1 Å². The number of hydrogen-bond acceptors (Lipinski definition) is 3. The number of rotatable bonds is 3. The van der Waals surface area contributed by atoms with Gasteiger partial charge in [0, 0.05) is 19.1 Å². The molecule has 2 rings (SSSR count). The van der Waals surface area contributed by atoms with Gasteiger partial charge in [-0.25, -0.2) is 13.1 Å². The molecule has 0 saturated carbocycles. The summed E-state index contributed by atoms with van der Waals surface area (Å²) in [6, 6.07) is 2.84. The molecule has 1 fully saturated rings. The molecule has 1 N–H and O–H groups in total. The van der Waals surface area contributed by atoms with Crippen LogP contribution in [0.3, 0.4) is 0 Å².